The number of likely N-dealkylation sites (N-methyl/N-ethyl adjacent to an activating group) is 1. The standard InChI is InChI=1S/C19H29N3O3/c1-4-5-16-8-9-17(25-16)12-21-10-14-6-7-15(11-21)22(19(14)24)13-18(23)20(2)3/h8-9,14-15H,4-7,10-13H2,1-3H3/t14-,15+/m0/s1. The monoisotopic (exact) mass is 347 g/mol. The number of nitrogens with zero attached hydrogens (tertiary/aromatic N) is 3. The molecule has 3 fully saturated rings. The van der Waals surface area contributed by atoms with Crippen molar-refractivity contribution in [1.82, 2.24) is 14.7 Å². The first-order chi connectivity index (χ1) is 12.0. The zero-order valence-electron chi connectivity index (χ0n) is 15.5. The van der Waals surface area contributed by atoms with Crippen molar-refractivity contribution in [2.45, 2.75) is 45.2 Å². The van der Waals surface area contributed by atoms with Gasteiger partial charge in [0.25, 0.3) is 0 Å². The van der Waals surface area contributed by atoms with E-state index in [0.29, 0.717) is 0 Å². The van der Waals surface area contributed by atoms with E-state index in [1.807, 2.05) is 6.07 Å². The third-order valence-electron chi connectivity index (χ3n) is 5.27. The minimum absolute atomic E-state index is 0.00112. The molecule has 3 saturated heterocycles. The van der Waals surface area contributed by atoms with E-state index in [1.54, 1.807) is 23.9 Å². The number of furan rings is 1. The summed E-state index contributed by atoms with van der Waals surface area (Å²) in [7, 11) is 3.47. The number of carbonyl (C=O) groups is 2. The number of rotatable bonds is 6. The molecule has 0 aromatic carbocycles. The summed E-state index contributed by atoms with van der Waals surface area (Å²) < 4.78 is 5.91. The van der Waals surface area contributed by atoms with Gasteiger partial charge in [0, 0.05) is 39.6 Å². The summed E-state index contributed by atoms with van der Waals surface area (Å²) in [5, 5.41) is 0. The molecule has 4 heterocycles. The lowest BCUT2D eigenvalue weighted by molar-refractivity contribution is -0.145. The Morgan fingerprint density at radius 3 is 2.72 bits per heavy atom. The quantitative estimate of drug-likeness (QED) is 0.787. The summed E-state index contributed by atoms with van der Waals surface area (Å²) in [4.78, 5) is 30.5. The minimum Gasteiger partial charge on any atom is -0.465 e. The Morgan fingerprint density at radius 2 is 2.00 bits per heavy atom. The lowest BCUT2D eigenvalue weighted by atomic mass is 9.94. The van der Waals surface area contributed by atoms with E-state index in [2.05, 4.69) is 17.9 Å². The van der Waals surface area contributed by atoms with E-state index in [-0.39, 0.29) is 30.3 Å². The van der Waals surface area contributed by atoms with Gasteiger partial charge in [0.2, 0.25) is 11.8 Å². The molecule has 4 rings (SSSR count). The largest absolute Gasteiger partial charge is 0.465 e. The molecule has 0 aliphatic carbocycles. The van der Waals surface area contributed by atoms with Crippen LogP contribution in [0.1, 0.15) is 37.7 Å². The number of amides is 2. The molecule has 138 valence electrons. The summed E-state index contributed by atoms with van der Waals surface area (Å²) in [6.07, 6.45) is 3.94. The predicted molar refractivity (Wildman–Crippen MR) is 94.9 cm³/mol. The number of fused-ring (bicyclic) bond motifs is 4. The molecule has 0 N–H and O–H groups in total. The Hall–Kier alpha value is -1.82. The van der Waals surface area contributed by atoms with Crippen molar-refractivity contribution in [2.24, 2.45) is 5.92 Å². The van der Waals surface area contributed by atoms with Crippen LogP contribution in [0, 0.1) is 5.92 Å². The van der Waals surface area contributed by atoms with Crippen molar-refractivity contribution in [2.75, 3.05) is 33.7 Å². The summed E-state index contributed by atoms with van der Waals surface area (Å²) in [5.74, 6) is 2.12. The van der Waals surface area contributed by atoms with Crippen molar-refractivity contribution in [3.8, 4) is 0 Å². The highest BCUT2D eigenvalue weighted by Crippen LogP contribution is 2.30. The van der Waals surface area contributed by atoms with Gasteiger partial charge >= 0.3 is 0 Å². The predicted octanol–water partition coefficient (Wildman–Crippen LogP) is 1.74. The van der Waals surface area contributed by atoms with Crippen molar-refractivity contribution in [3.63, 3.8) is 0 Å². The topological polar surface area (TPSA) is 57.0 Å². The van der Waals surface area contributed by atoms with Crippen LogP contribution in [0.5, 0.6) is 0 Å². The fraction of sp³-hybridized carbons (Fsp3) is 0.684. The molecule has 3 aliphatic rings. The molecular weight excluding hydrogens is 318 g/mol. The van der Waals surface area contributed by atoms with Crippen LogP contribution in [0.2, 0.25) is 0 Å². The molecule has 6 nitrogen and oxygen atoms in total. The SMILES string of the molecule is CCCc1ccc(CN2C[C@@H]3CC[C@H](C2)N(CC(=O)N(C)C)C3=O)o1. The Morgan fingerprint density at radius 1 is 1.24 bits per heavy atom. The maximum atomic E-state index is 12.8. The second kappa shape index (κ2) is 7.60. The van der Waals surface area contributed by atoms with Gasteiger partial charge < -0.3 is 14.2 Å². The highest BCUT2D eigenvalue weighted by atomic mass is 16.3. The van der Waals surface area contributed by atoms with Gasteiger partial charge in [0.15, 0.2) is 0 Å². The normalized spacial score (nSPS) is 23.8. The number of aryl methyl sites for hydroxylation is 1. The number of hydrogen-bond donors (Lipinski definition) is 0. The highest BCUT2D eigenvalue weighted by molar-refractivity contribution is 5.86. The highest BCUT2D eigenvalue weighted by Gasteiger charge is 2.41. The van der Waals surface area contributed by atoms with E-state index in [9.17, 15) is 9.59 Å². The molecule has 25 heavy (non-hydrogen) atoms. The van der Waals surface area contributed by atoms with E-state index in [0.717, 1.165) is 56.8 Å². The molecule has 2 amide bonds. The van der Waals surface area contributed by atoms with Gasteiger partial charge in [-0.1, -0.05) is 6.92 Å². The van der Waals surface area contributed by atoms with Gasteiger partial charge in [-0.05, 0) is 31.4 Å². The molecule has 2 atom stereocenters. The lowest BCUT2D eigenvalue weighted by Crippen LogP contribution is -2.51. The van der Waals surface area contributed by atoms with Gasteiger partial charge in [-0.25, -0.2) is 0 Å². The minimum atomic E-state index is -0.0114. The van der Waals surface area contributed by atoms with Crippen molar-refractivity contribution < 1.29 is 14.0 Å². The molecule has 3 aliphatic heterocycles. The Labute approximate surface area is 149 Å². The van der Waals surface area contributed by atoms with Gasteiger partial charge in [-0.15, -0.1) is 0 Å². The lowest BCUT2D eigenvalue weighted by Gasteiger charge is -2.36. The zero-order chi connectivity index (χ0) is 18.0. The second-order valence-electron chi connectivity index (χ2n) is 7.49. The first-order valence-corrected chi connectivity index (χ1v) is 9.28. The third kappa shape index (κ3) is 4.06. The smallest absolute Gasteiger partial charge is 0.241 e. The van der Waals surface area contributed by atoms with Crippen LogP contribution in [0.4, 0.5) is 0 Å². The van der Waals surface area contributed by atoms with Gasteiger partial charge in [-0.2, -0.15) is 0 Å². The van der Waals surface area contributed by atoms with E-state index < -0.39 is 0 Å². The van der Waals surface area contributed by atoms with E-state index >= 15 is 0 Å². The maximum Gasteiger partial charge on any atom is 0.241 e. The van der Waals surface area contributed by atoms with Crippen LogP contribution in [0.3, 0.4) is 0 Å². The average molecular weight is 347 g/mol. The molecule has 1 aromatic rings. The van der Waals surface area contributed by atoms with Crippen LogP contribution in [0.15, 0.2) is 16.5 Å². The van der Waals surface area contributed by atoms with Crippen molar-refractivity contribution in [1.29, 1.82) is 0 Å². The Balaban J connectivity index is 1.67. The Bertz CT molecular complexity index is 625. The van der Waals surface area contributed by atoms with Crippen LogP contribution in [0.25, 0.3) is 0 Å². The fourth-order valence-corrected chi connectivity index (χ4v) is 3.86. The first-order valence-electron chi connectivity index (χ1n) is 9.28. The van der Waals surface area contributed by atoms with Crippen LogP contribution >= 0.6 is 0 Å². The fourth-order valence-electron chi connectivity index (χ4n) is 3.86. The van der Waals surface area contributed by atoms with Crippen LogP contribution < -0.4 is 0 Å². The summed E-state index contributed by atoms with van der Waals surface area (Å²) >= 11 is 0. The van der Waals surface area contributed by atoms with Gasteiger partial charge in [0.05, 0.1) is 12.5 Å². The molecule has 0 spiro atoms. The van der Waals surface area contributed by atoms with E-state index in [4.69, 9.17) is 4.42 Å². The molecule has 6 heteroatoms. The first kappa shape index (κ1) is 18.0. The maximum absolute atomic E-state index is 12.8. The van der Waals surface area contributed by atoms with Gasteiger partial charge in [0.1, 0.15) is 18.1 Å². The second-order valence-corrected chi connectivity index (χ2v) is 7.49. The Kier molecular flexibility index (Phi) is 5.47. The van der Waals surface area contributed by atoms with Crippen LogP contribution in [-0.4, -0.2) is 66.3 Å². The molecule has 0 saturated carbocycles. The molecule has 1 aromatic heterocycles. The van der Waals surface area contributed by atoms with E-state index in [1.165, 1.54) is 0 Å². The average Bonchev–Trinajstić information content (AvgIpc) is 2.84. The molecule has 0 radical (unpaired) electrons. The summed E-state index contributed by atoms with van der Waals surface area (Å²) in [6, 6.07) is 4.23. The van der Waals surface area contributed by atoms with Crippen LogP contribution in [-0.2, 0) is 22.6 Å². The molecular formula is C19H29N3O3. The third-order valence-corrected chi connectivity index (χ3v) is 5.27. The summed E-state index contributed by atoms with van der Waals surface area (Å²) in [6.45, 7) is 4.64. The van der Waals surface area contributed by atoms with Crippen molar-refractivity contribution in [3.05, 3.63) is 23.7 Å². The molecule has 0 unspecified atom stereocenters. The summed E-state index contributed by atoms with van der Waals surface area (Å²) in [5.41, 5.74) is 0. The number of piperidine rings is 1. The zero-order valence-corrected chi connectivity index (χ0v) is 15.5. The number of carbonyl (C=O) groups excluding carboxylic acids is 2. The molecule has 2 bridgehead atoms. The van der Waals surface area contributed by atoms with Gasteiger partial charge in [-0.3, -0.25) is 14.5 Å². The number of hydrogen-bond acceptors (Lipinski definition) is 4. The van der Waals surface area contributed by atoms with Crippen molar-refractivity contribution >= 4 is 11.8 Å².